The highest BCUT2D eigenvalue weighted by Gasteiger charge is 2.26. The predicted molar refractivity (Wildman–Crippen MR) is 111 cm³/mol. The molecule has 0 aromatic heterocycles. The van der Waals surface area contributed by atoms with Crippen molar-refractivity contribution in [1.82, 2.24) is 9.62 Å². The van der Waals surface area contributed by atoms with E-state index in [9.17, 15) is 13.2 Å². The summed E-state index contributed by atoms with van der Waals surface area (Å²) >= 11 is 6.04. The number of halogens is 1. The van der Waals surface area contributed by atoms with E-state index in [1.165, 1.54) is 14.1 Å². The number of carbonyl (C=O) groups excluding carboxylic acids is 1. The van der Waals surface area contributed by atoms with E-state index in [1.54, 1.807) is 42.5 Å². The van der Waals surface area contributed by atoms with Crippen LogP contribution in [0, 0.1) is 6.92 Å². The Balaban J connectivity index is 1.93. The first-order valence-corrected chi connectivity index (χ1v) is 10.4. The minimum atomic E-state index is -3.81. The van der Waals surface area contributed by atoms with Crippen LogP contribution in [0.3, 0.4) is 0 Å². The Morgan fingerprint density at radius 2 is 1.82 bits per heavy atom. The second-order valence-corrected chi connectivity index (χ2v) is 8.72. The fraction of sp³-hybridized carbons (Fsp3) is 0.316. The Hall–Kier alpha value is -2.29. The number of amides is 1. The molecule has 0 bridgehead atoms. The van der Waals surface area contributed by atoms with Crippen molar-refractivity contribution in [2.45, 2.75) is 6.92 Å². The largest absolute Gasteiger partial charge is 0.492 e. The first kappa shape index (κ1) is 22.0. The second-order valence-electron chi connectivity index (χ2n) is 6.24. The van der Waals surface area contributed by atoms with E-state index < -0.39 is 16.1 Å². The summed E-state index contributed by atoms with van der Waals surface area (Å²) in [5.74, 6) is 0.172. The van der Waals surface area contributed by atoms with Crippen LogP contribution in [0.4, 0.5) is 5.69 Å². The molecule has 0 radical (unpaired) electrons. The minimum Gasteiger partial charge on any atom is -0.492 e. The van der Waals surface area contributed by atoms with Crippen LogP contribution in [0.5, 0.6) is 5.75 Å². The van der Waals surface area contributed by atoms with Gasteiger partial charge < -0.3 is 10.1 Å². The molecule has 28 heavy (non-hydrogen) atoms. The van der Waals surface area contributed by atoms with Crippen molar-refractivity contribution in [3.8, 4) is 5.75 Å². The molecule has 2 aromatic rings. The number of para-hydroxylation sites is 1. The molecular weight excluding hydrogens is 402 g/mol. The van der Waals surface area contributed by atoms with Gasteiger partial charge in [0.1, 0.15) is 18.9 Å². The number of hydrogen-bond acceptors (Lipinski definition) is 4. The second kappa shape index (κ2) is 9.77. The molecule has 1 amide bonds. The van der Waals surface area contributed by atoms with E-state index in [2.05, 4.69) is 5.32 Å². The van der Waals surface area contributed by atoms with E-state index in [-0.39, 0.29) is 19.7 Å². The number of carbonyl (C=O) groups is 1. The van der Waals surface area contributed by atoms with Gasteiger partial charge in [0.25, 0.3) is 0 Å². The maximum atomic E-state index is 12.6. The molecule has 0 aliphatic carbocycles. The van der Waals surface area contributed by atoms with Gasteiger partial charge in [-0.1, -0.05) is 35.9 Å². The summed E-state index contributed by atoms with van der Waals surface area (Å²) < 4.78 is 32.8. The molecule has 2 rings (SSSR count). The highest BCUT2D eigenvalue weighted by Crippen LogP contribution is 2.21. The Morgan fingerprint density at radius 1 is 1.14 bits per heavy atom. The van der Waals surface area contributed by atoms with Gasteiger partial charge in [-0.2, -0.15) is 12.7 Å². The maximum Gasteiger partial charge on any atom is 0.304 e. The normalized spacial score (nSPS) is 11.3. The van der Waals surface area contributed by atoms with Gasteiger partial charge in [0, 0.05) is 19.1 Å². The van der Waals surface area contributed by atoms with Crippen LogP contribution < -0.4 is 14.4 Å². The number of anilines is 1. The maximum absolute atomic E-state index is 12.6. The highest BCUT2D eigenvalue weighted by molar-refractivity contribution is 7.90. The third-order valence-electron chi connectivity index (χ3n) is 3.91. The Kier molecular flexibility index (Phi) is 7.68. The van der Waals surface area contributed by atoms with Crippen LogP contribution >= 0.6 is 11.6 Å². The van der Waals surface area contributed by atoms with Gasteiger partial charge in [-0.3, -0.25) is 4.79 Å². The molecule has 1 N–H and O–H groups in total. The highest BCUT2D eigenvalue weighted by atomic mass is 35.5. The van der Waals surface area contributed by atoms with Gasteiger partial charge in [-0.15, -0.1) is 0 Å². The summed E-state index contributed by atoms with van der Waals surface area (Å²) in [5, 5.41) is 3.27. The molecule has 9 heteroatoms. The van der Waals surface area contributed by atoms with Gasteiger partial charge in [0.15, 0.2) is 0 Å². The Bertz CT molecular complexity index is 905. The lowest BCUT2D eigenvalue weighted by atomic mass is 10.2. The van der Waals surface area contributed by atoms with Crippen molar-refractivity contribution >= 4 is 33.4 Å². The van der Waals surface area contributed by atoms with Crippen LogP contribution in [0.15, 0.2) is 48.5 Å². The SMILES string of the molecule is Cc1ccc(OCCNC(=O)CN(c2ccccc2)S(=O)(=O)N(C)C)cc1Cl. The third kappa shape index (κ3) is 5.85. The third-order valence-corrected chi connectivity index (χ3v) is 6.13. The van der Waals surface area contributed by atoms with Crippen LogP contribution in [-0.2, 0) is 15.0 Å². The monoisotopic (exact) mass is 425 g/mol. The Morgan fingerprint density at radius 3 is 2.43 bits per heavy atom. The van der Waals surface area contributed by atoms with Gasteiger partial charge >= 0.3 is 10.2 Å². The molecule has 0 saturated heterocycles. The summed E-state index contributed by atoms with van der Waals surface area (Å²) in [6.07, 6.45) is 0. The molecule has 2 aromatic carbocycles. The van der Waals surface area contributed by atoms with Gasteiger partial charge in [0.05, 0.1) is 12.2 Å². The van der Waals surface area contributed by atoms with Gasteiger partial charge in [0.2, 0.25) is 5.91 Å². The zero-order chi connectivity index (χ0) is 20.7. The first-order valence-electron chi connectivity index (χ1n) is 8.62. The van der Waals surface area contributed by atoms with E-state index in [0.29, 0.717) is 16.5 Å². The van der Waals surface area contributed by atoms with Gasteiger partial charge in [-0.05, 0) is 36.8 Å². The van der Waals surface area contributed by atoms with Crippen molar-refractivity contribution in [2.75, 3.05) is 38.1 Å². The van der Waals surface area contributed by atoms with Crippen LogP contribution in [0.25, 0.3) is 0 Å². The zero-order valence-electron chi connectivity index (χ0n) is 16.1. The molecule has 0 spiro atoms. The van der Waals surface area contributed by atoms with E-state index in [1.807, 2.05) is 13.0 Å². The molecule has 152 valence electrons. The van der Waals surface area contributed by atoms with E-state index in [0.717, 1.165) is 14.2 Å². The number of aryl methyl sites for hydroxylation is 1. The summed E-state index contributed by atoms with van der Waals surface area (Å²) in [7, 11) is -0.969. The number of ether oxygens (including phenoxy) is 1. The first-order chi connectivity index (χ1) is 13.2. The number of rotatable bonds is 9. The standard InChI is InChI=1S/C19H24ClN3O4S/c1-15-9-10-17(13-18(15)20)27-12-11-21-19(24)14-23(28(25,26)22(2)3)16-7-5-4-6-8-16/h4-10,13H,11-12,14H2,1-3H3,(H,21,24). The average molecular weight is 426 g/mol. The average Bonchev–Trinajstić information content (AvgIpc) is 2.66. The fourth-order valence-electron chi connectivity index (χ4n) is 2.31. The van der Waals surface area contributed by atoms with Crippen LogP contribution in [0.2, 0.25) is 5.02 Å². The zero-order valence-corrected chi connectivity index (χ0v) is 17.6. The molecule has 0 saturated carbocycles. The Labute approximate surface area is 171 Å². The molecule has 0 fully saturated rings. The van der Waals surface area contributed by atoms with Crippen molar-refractivity contribution in [3.63, 3.8) is 0 Å². The summed E-state index contributed by atoms with van der Waals surface area (Å²) in [4.78, 5) is 12.3. The summed E-state index contributed by atoms with van der Waals surface area (Å²) in [6, 6.07) is 13.8. The lowest BCUT2D eigenvalue weighted by molar-refractivity contribution is -0.119. The molecule has 0 unspecified atom stereocenters. The number of benzene rings is 2. The smallest absolute Gasteiger partial charge is 0.304 e. The number of hydrogen-bond donors (Lipinski definition) is 1. The topological polar surface area (TPSA) is 79.0 Å². The molecule has 7 nitrogen and oxygen atoms in total. The molecule has 0 atom stereocenters. The van der Waals surface area contributed by atoms with E-state index >= 15 is 0 Å². The van der Waals surface area contributed by atoms with Crippen molar-refractivity contribution in [2.24, 2.45) is 0 Å². The molecule has 0 heterocycles. The quantitative estimate of drug-likeness (QED) is 0.626. The van der Waals surface area contributed by atoms with Crippen molar-refractivity contribution in [1.29, 1.82) is 0 Å². The van der Waals surface area contributed by atoms with Crippen molar-refractivity contribution in [3.05, 3.63) is 59.1 Å². The predicted octanol–water partition coefficient (Wildman–Crippen LogP) is 2.46. The lowest BCUT2D eigenvalue weighted by Gasteiger charge is -2.26. The molecular formula is C19H24ClN3O4S. The van der Waals surface area contributed by atoms with Crippen LogP contribution in [0.1, 0.15) is 5.56 Å². The van der Waals surface area contributed by atoms with E-state index in [4.69, 9.17) is 16.3 Å². The van der Waals surface area contributed by atoms with Crippen LogP contribution in [-0.4, -0.2) is 52.4 Å². The number of nitrogens with one attached hydrogen (secondary N) is 1. The van der Waals surface area contributed by atoms with Gasteiger partial charge in [-0.25, -0.2) is 4.31 Å². The number of nitrogens with zero attached hydrogens (tertiary/aromatic N) is 2. The summed E-state index contributed by atoms with van der Waals surface area (Å²) in [6.45, 7) is 2.03. The lowest BCUT2D eigenvalue weighted by Crippen LogP contribution is -2.46. The van der Waals surface area contributed by atoms with Crippen molar-refractivity contribution < 1.29 is 17.9 Å². The minimum absolute atomic E-state index is 0.231. The fourth-order valence-corrected chi connectivity index (χ4v) is 3.54. The molecule has 0 aliphatic rings. The summed E-state index contributed by atoms with van der Waals surface area (Å²) in [5.41, 5.74) is 1.36. The molecule has 0 aliphatic heterocycles.